The minimum Gasteiger partial charge on any atom is -0.296 e. The van der Waals surface area contributed by atoms with E-state index < -0.39 is 0 Å². The highest BCUT2D eigenvalue weighted by Crippen LogP contribution is 2.00. The first-order chi connectivity index (χ1) is 4.84. The lowest BCUT2D eigenvalue weighted by Gasteiger charge is -1.94. The highest BCUT2D eigenvalue weighted by atomic mass is 14.6. The minimum absolute atomic E-state index is 1.14. The number of aryl methyl sites for hydroxylation is 1. The van der Waals surface area contributed by atoms with Gasteiger partial charge in [0.15, 0.2) is 0 Å². The van der Waals surface area contributed by atoms with Gasteiger partial charge in [-0.15, -0.1) is 0 Å². The standard InChI is InChI=1S/C8H10N2/c1-7-5-10-4-3-8(7)6-9-2/h3-6H,1-2H3. The van der Waals surface area contributed by atoms with Crippen molar-refractivity contribution in [2.45, 2.75) is 6.92 Å². The molecule has 0 atom stereocenters. The molecule has 2 heteroatoms. The van der Waals surface area contributed by atoms with Crippen LogP contribution in [-0.2, 0) is 0 Å². The van der Waals surface area contributed by atoms with E-state index in [1.165, 1.54) is 0 Å². The maximum absolute atomic E-state index is 3.97. The van der Waals surface area contributed by atoms with Gasteiger partial charge in [-0.05, 0) is 24.1 Å². The number of pyridine rings is 1. The summed E-state index contributed by atoms with van der Waals surface area (Å²) in [6.07, 6.45) is 5.43. The quantitative estimate of drug-likeness (QED) is 0.533. The van der Waals surface area contributed by atoms with E-state index in [1.807, 2.05) is 25.4 Å². The maximum atomic E-state index is 3.97. The van der Waals surface area contributed by atoms with Crippen molar-refractivity contribution in [3.05, 3.63) is 29.6 Å². The minimum atomic E-state index is 1.14. The van der Waals surface area contributed by atoms with E-state index in [9.17, 15) is 0 Å². The van der Waals surface area contributed by atoms with Crippen molar-refractivity contribution >= 4 is 6.21 Å². The zero-order chi connectivity index (χ0) is 7.40. The largest absolute Gasteiger partial charge is 0.296 e. The van der Waals surface area contributed by atoms with E-state index in [1.54, 1.807) is 13.2 Å². The van der Waals surface area contributed by atoms with E-state index in [0.29, 0.717) is 0 Å². The predicted octanol–water partition coefficient (Wildman–Crippen LogP) is 1.44. The number of nitrogens with zero attached hydrogens (tertiary/aromatic N) is 2. The molecule has 0 aromatic carbocycles. The average Bonchev–Trinajstić information content (AvgIpc) is 1.94. The van der Waals surface area contributed by atoms with Crippen LogP contribution in [0.1, 0.15) is 11.1 Å². The van der Waals surface area contributed by atoms with Crippen LogP contribution >= 0.6 is 0 Å². The Bertz CT molecular complexity index is 241. The molecule has 0 aliphatic heterocycles. The molecule has 52 valence electrons. The van der Waals surface area contributed by atoms with E-state index >= 15 is 0 Å². The molecule has 1 aromatic heterocycles. The maximum Gasteiger partial charge on any atom is 0.0303 e. The number of aliphatic imine (C=N–C) groups is 1. The van der Waals surface area contributed by atoms with Crippen LogP contribution in [0.25, 0.3) is 0 Å². The molecule has 0 aliphatic carbocycles. The number of aromatic nitrogens is 1. The van der Waals surface area contributed by atoms with Crippen LogP contribution in [0.5, 0.6) is 0 Å². The van der Waals surface area contributed by atoms with Crippen LogP contribution in [0, 0.1) is 6.92 Å². The molecule has 2 nitrogen and oxygen atoms in total. The molecule has 0 aliphatic rings. The summed E-state index contributed by atoms with van der Waals surface area (Å²) in [6, 6.07) is 1.95. The first kappa shape index (κ1) is 6.93. The summed E-state index contributed by atoms with van der Waals surface area (Å²) in [5, 5.41) is 0. The molecule has 0 saturated carbocycles. The lowest BCUT2D eigenvalue weighted by Crippen LogP contribution is -1.86. The van der Waals surface area contributed by atoms with Crippen molar-refractivity contribution in [2.75, 3.05) is 7.05 Å². The molecular weight excluding hydrogens is 124 g/mol. The van der Waals surface area contributed by atoms with Crippen LogP contribution in [0.3, 0.4) is 0 Å². The SMILES string of the molecule is CN=Cc1ccncc1C. The van der Waals surface area contributed by atoms with Crippen molar-refractivity contribution in [3.63, 3.8) is 0 Å². The van der Waals surface area contributed by atoms with Crippen molar-refractivity contribution in [2.24, 2.45) is 4.99 Å². The zero-order valence-corrected chi connectivity index (χ0v) is 6.20. The van der Waals surface area contributed by atoms with Gasteiger partial charge in [-0.2, -0.15) is 0 Å². The normalized spacial score (nSPS) is 10.6. The van der Waals surface area contributed by atoms with Crippen LogP contribution in [0.15, 0.2) is 23.5 Å². The molecule has 1 rings (SSSR count). The summed E-state index contributed by atoms with van der Waals surface area (Å²) in [6.45, 7) is 2.02. The van der Waals surface area contributed by atoms with E-state index in [4.69, 9.17) is 0 Å². The average molecular weight is 134 g/mol. The second-order valence-corrected chi connectivity index (χ2v) is 2.12. The predicted molar refractivity (Wildman–Crippen MR) is 42.5 cm³/mol. The van der Waals surface area contributed by atoms with Crippen LogP contribution in [-0.4, -0.2) is 18.2 Å². The van der Waals surface area contributed by atoms with E-state index in [2.05, 4.69) is 9.98 Å². The van der Waals surface area contributed by atoms with Gasteiger partial charge in [-0.1, -0.05) is 0 Å². The number of hydrogen-bond acceptors (Lipinski definition) is 2. The molecule has 0 N–H and O–H groups in total. The van der Waals surface area contributed by atoms with E-state index in [0.717, 1.165) is 11.1 Å². The molecule has 0 spiro atoms. The van der Waals surface area contributed by atoms with Gasteiger partial charge in [0.2, 0.25) is 0 Å². The van der Waals surface area contributed by atoms with Gasteiger partial charge < -0.3 is 0 Å². The highest BCUT2D eigenvalue weighted by molar-refractivity contribution is 5.81. The summed E-state index contributed by atoms with van der Waals surface area (Å²) < 4.78 is 0. The van der Waals surface area contributed by atoms with Crippen molar-refractivity contribution in [1.29, 1.82) is 0 Å². The fraction of sp³-hybridized carbons (Fsp3) is 0.250. The van der Waals surface area contributed by atoms with Crippen molar-refractivity contribution in [1.82, 2.24) is 4.98 Å². The molecule has 0 fully saturated rings. The van der Waals surface area contributed by atoms with Gasteiger partial charge in [0.25, 0.3) is 0 Å². The summed E-state index contributed by atoms with van der Waals surface area (Å²) in [5.74, 6) is 0. The molecule has 10 heavy (non-hydrogen) atoms. The van der Waals surface area contributed by atoms with Crippen molar-refractivity contribution in [3.8, 4) is 0 Å². The Labute approximate surface area is 60.6 Å². The van der Waals surface area contributed by atoms with Crippen LogP contribution in [0.4, 0.5) is 0 Å². The lowest BCUT2D eigenvalue weighted by atomic mass is 10.2. The van der Waals surface area contributed by atoms with Gasteiger partial charge in [-0.25, -0.2) is 0 Å². The Morgan fingerprint density at radius 2 is 2.40 bits per heavy atom. The second kappa shape index (κ2) is 3.11. The third kappa shape index (κ3) is 1.41. The van der Waals surface area contributed by atoms with Crippen molar-refractivity contribution < 1.29 is 0 Å². The molecule has 0 saturated heterocycles. The van der Waals surface area contributed by atoms with Crippen LogP contribution < -0.4 is 0 Å². The molecule has 0 bridgehead atoms. The Hall–Kier alpha value is -1.18. The molecule has 1 aromatic rings. The Morgan fingerprint density at radius 3 is 3.00 bits per heavy atom. The molecular formula is C8H10N2. The molecule has 0 unspecified atom stereocenters. The van der Waals surface area contributed by atoms with Gasteiger partial charge in [-0.3, -0.25) is 9.98 Å². The highest BCUT2D eigenvalue weighted by Gasteiger charge is 1.89. The van der Waals surface area contributed by atoms with Gasteiger partial charge >= 0.3 is 0 Å². The third-order valence-corrected chi connectivity index (χ3v) is 1.33. The van der Waals surface area contributed by atoms with E-state index in [-0.39, 0.29) is 0 Å². The second-order valence-electron chi connectivity index (χ2n) is 2.12. The zero-order valence-electron chi connectivity index (χ0n) is 6.20. The Morgan fingerprint density at radius 1 is 1.60 bits per heavy atom. The first-order valence-electron chi connectivity index (χ1n) is 3.17. The van der Waals surface area contributed by atoms with Gasteiger partial charge in [0.05, 0.1) is 0 Å². The summed E-state index contributed by atoms with van der Waals surface area (Å²) >= 11 is 0. The number of rotatable bonds is 1. The lowest BCUT2D eigenvalue weighted by molar-refractivity contribution is 1.26. The summed E-state index contributed by atoms with van der Waals surface area (Å²) in [4.78, 5) is 7.88. The Kier molecular flexibility index (Phi) is 2.15. The fourth-order valence-corrected chi connectivity index (χ4v) is 0.768. The molecule has 0 radical (unpaired) electrons. The molecule has 1 heterocycles. The first-order valence-corrected chi connectivity index (χ1v) is 3.17. The smallest absolute Gasteiger partial charge is 0.0303 e. The number of hydrogen-bond donors (Lipinski definition) is 0. The third-order valence-electron chi connectivity index (χ3n) is 1.33. The molecule has 0 amide bonds. The topological polar surface area (TPSA) is 25.2 Å². The Balaban J connectivity index is 3.03. The van der Waals surface area contributed by atoms with Gasteiger partial charge in [0, 0.05) is 25.7 Å². The summed E-state index contributed by atoms with van der Waals surface area (Å²) in [5.41, 5.74) is 2.30. The summed E-state index contributed by atoms with van der Waals surface area (Å²) in [7, 11) is 1.76. The fourth-order valence-electron chi connectivity index (χ4n) is 0.768. The monoisotopic (exact) mass is 134 g/mol. The van der Waals surface area contributed by atoms with Gasteiger partial charge in [0.1, 0.15) is 0 Å². The van der Waals surface area contributed by atoms with Crippen LogP contribution in [0.2, 0.25) is 0 Å².